The van der Waals surface area contributed by atoms with Gasteiger partial charge in [-0.05, 0) is 42.5 Å². The summed E-state index contributed by atoms with van der Waals surface area (Å²) in [5, 5.41) is 7.62. The first-order valence-electron chi connectivity index (χ1n) is 9.77. The van der Waals surface area contributed by atoms with Gasteiger partial charge in [-0.15, -0.1) is 5.10 Å². The Labute approximate surface area is 193 Å². The van der Waals surface area contributed by atoms with E-state index < -0.39 is 37.3 Å². The van der Waals surface area contributed by atoms with Crippen molar-refractivity contribution in [3.8, 4) is 34.3 Å². The minimum Gasteiger partial charge on any atom is -0.493 e. The van der Waals surface area contributed by atoms with Gasteiger partial charge in [0.05, 0.1) is 7.11 Å². The maximum Gasteiger partial charge on any atom is 0.437 e. The molecule has 0 amide bonds. The van der Waals surface area contributed by atoms with E-state index in [1.807, 2.05) is 0 Å². The van der Waals surface area contributed by atoms with Gasteiger partial charge < -0.3 is 23.2 Å². The van der Waals surface area contributed by atoms with E-state index >= 15 is 0 Å². The normalized spacial score (nSPS) is 11.0. The molecule has 4 aromatic rings. The molecule has 0 atom stereocenters. The maximum absolute atomic E-state index is 13.0. The number of ether oxygens (including phenoxy) is 3. The van der Waals surface area contributed by atoms with Crippen molar-refractivity contribution in [1.29, 1.82) is 0 Å². The van der Waals surface area contributed by atoms with E-state index in [4.69, 9.17) is 18.4 Å². The lowest BCUT2D eigenvalue weighted by Crippen LogP contribution is -2.23. The van der Waals surface area contributed by atoms with Crippen molar-refractivity contribution in [3.63, 3.8) is 0 Å². The Morgan fingerprint density at radius 1 is 1.11 bits per heavy atom. The summed E-state index contributed by atoms with van der Waals surface area (Å²) in [6, 6.07) is 9.11. The number of hydrogen-bond donors (Lipinski definition) is 0. The molecule has 35 heavy (non-hydrogen) atoms. The second-order valence-electron chi connectivity index (χ2n) is 6.75. The number of hydrogen-bond acceptors (Lipinski definition) is 10. The molecule has 11 nitrogen and oxygen atoms in total. The summed E-state index contributed by atoms with van der Waals surface area (Å²) < 4.78 is 63.1. The van der Waals surface area contributed by atoms with Crippen LogP contribution in [0.5, 0.6) is 11.5 Å². The summed E-state index contributed by atoms with van der Waals surface area (Å²) in [6.45, 7) is -4.00. The molecular weight excluding hydrogens is 477 g/mol. The summed E-state index contributed by atoms with van der Waals surface area (Å²) in [5.41, 5.74) is 0.715. The van der Waals surface area contributed by atoms with Crippen molar-refractivity contribution in [2.45, 2.75) is 19.8 Å². The van der Waals surface area contributed by atoms with E-state index in [1.165, 1.54) is 49.6 Å². The van der Waals surface area contributed by atoms with Crippen molar-refractivity contribution < 1.29 is 41.1 Å². The third-order valence-corrected chi connectivity index (χ3v) is 4.44. The van der Waals surface area contributed by atoms with Crippen LogP contribution in [0.15, 0.2) is 56.2 Å². The fourth-order valence-electron chi connectivity index (χ4n) is 2.86. The molecule has 2 aromatic heterocycles. The molecule has 0 N–H and O–H groups in total. The van der Waals surface area contributed by atoms with Crippen LogP contribution in [0.3, 0.4) is 0 Å². The molecule has 14 heteroatoms. The minimum absolute atomic E-state index is 0.0265. The number of benzene rings is 2. The lowest BCUT2D eigenvalue weighted by Gasteiger charge is -2.10. The summed E-state index contributed by atoms with van der Waals surface area (Å²) in [6.07, 6.45) is 0. The quantitative estimate of drug-likeness (QED) is 0.321. The Hall–Kier alpha value is -4.62. The first kappa shape index (κ1) is 23.5. The van der Waals surface area contributed by atoms with Crippen molar-refractivity contribution in [2.75, 3.05) is 7.11 Å². The van der Waals surface area contributed by atoms with E-state index in [0.29, 0.717) is 11.1 Å². The minimum atomic E-state index is -3.02. The number of alkyl halides is 2. The zero-order chi connectivity index (χ0) is 24.9. The van der Waals surface area contributed by atoms with Crippen LogP contribution >= 0.6 is 0 Å². The molecule has 0 fully saturated rings. The van der Waals surface area contributed by atoms with Crippen LogP contribution in [-0.4, -0.2) is 39.6 Å². The van der Waals surface area contributed by atoms with E-state index in [1.54, 1.807) is 0 Å². The topological polar surface area (TPSA) is 132 Å². The fourth-order valence-corrected chi connectivity index (χ4v) is 2.86. The largest absolute Gasteiger partial charge is 0.493 e. The summed E-state index contributed by atoms with van der Waals surface area (Å²) in [5.74, 6) is -2.46. The molecular formula is C21H15F3N4O7. The Balaban J connectivity index is 1.37. The predicted molar refractivity (Wildman–Crippen MR) is 109 cm³/mol. The number of carbonyl (C=O) groups is 1. The highest BCUT2D eigenvalue weighted by Gasteiger charge is 2.17. The first-order chi connectivity index (χ1) is 16.8. The van der Waals surface area contributed by atoms with E-state index in [-0.39, 0.29) is 29.1 Å². The molecule has 0 bridgehead atoms. The van der Waals surface area contributed by atoms with Crippen LogP contribution in [0.1, 0.15) is 5.89 Å². The van der Waals surface area contributed by atoms with E-state index in [9.17, 15) is 22.8 Å². The number of carbonyl (C=O) groups excluding carboxylic acids is 1. The highest BCUT2D eigenvalue weighted by atomic mass is 19.3. The fraction of sp³-hybridized carbons (Fsp3) is 0.190. The average molecular weight is 492 g/mol. The summed E-state index contributed by atoms with van der Waals surface area (Å²) in [7, 11) is 1.28. The smallest absolute Gasteiger partial charge is 0.437 e. The summed E-state index contributed by atoms with van der Waals surface area (Å²) in [4.78, 5) is 28.1. The van der Waals surface area contributed by atoms with Crippen LogP contribution in [-0.2, 0) is 22.7 Å². The zero-order valence-corrected chi connectivity index (χ0v) is 17.8. The third kappa shape index (κ3) is 5.66. The Morgan fingerprint density at radius 2 is 1.86 bits per heavy atom. The van der Waals surface area contributed by atoms with Crippen LogP contribution in [0, 0.1) is 5.82 Å². The van der Waals surface area contributed by atoms with Gasteiger partial charge in [0.15, 0.2) is 18.1 Å². The second-order valence-corrected chi connectivity index (χ2v) is 6.75. The molecule has 0 saturated carbocycles. The molecule has 0 spiro atoms. The third-order valence-electron chi connectivity index (χ3n) is 4.44. The summed E-state index contributed by atoms with van der Waals surface area (Å²) >= 11 is 0. The second kappa shape index (κ2) is 10.1. The first-order valence-corrected chi connectivity index (χ1v) is 9.77. The maximum atomic E-state index is 13.0. The molecule has 182 valence electrons. The molecule has 0 aliphatic carbocycles. The van der Waals surface area contributed by atoms with Crippen LogP contribution in [0.25, 0.3) is 22.8 Å². The van der Waals surface area contributed by atoms with Gasteiger partial charge in [-0.25, -0.2) is 9.18 Å². The standard InChI is InChI=1S/C21H15F3N4O7/c1-31-15-8-12(4-7-14(15)33-20(23)24)18-25-16(35-27-18)10-32-17(29)9-28-21(30)34-19(26-28)11-2-5-13(22)6-3-11/h2-8,20H,9-10H2,1H3. The SMILES string of the molecule is COc1cc(-c2noc(COC(=O)Cn3nc(-c4ccc(F)cc4)oc3=O)n2)ccc1OC(F)F. The predicted octanol–water partition coefficient (Wildman–Crippen LogP) is 3.05. The van der Waals surface area contributed by atoms with Crippen molar-refractivity contribution in [1.82, 2.24) is 19.9 Å². The molecule has 2 heterocycles. The van der Waals surface area contributed by atoms with Crippen LogP contribution in [0.4, 0.5) is 13.2 Å². The number of esters is 1. The number of aromatic nitrogens is 4. The van der Waals surface area contributed by atoms with Gasteiger partial charge in [-0.2, -0.15) is 18.4 Å². The monoisotopic (exact) mass is 492 g/mol. The van der Waals surface area contributed by atoms with E-state index in [0.717, 1.165) is 4.68 Å². The number of rotatable bonds is 9. The van der Waals surface area contributed by atoms with Gasteiger partial charge in [-0.3, -0.25) is 4.79 Å². The van der Waals surface area contributed by atoms with Gasteiger partial charge in [0.2, 0.25) is 11.7 Å². The van der Waals surface area contributed by atoms with Crippen LogP contribution < -0.4 is 15.2 Å². The van der Waals surface area contributed by atoms with Gasteiger partial charge >= 0.3 is 18.3 Å². The molecule has 4 rings (SSSR count). The molecule has 0 radical (unpaired) electrons. The molecule has 0 saturated heterocycles. The Bertz CT molecular complexity index is 1380. The highest BCUT2D eigenvalue weighted by molar-refractivity contribution is 5.69. The zero-order valence-electron chi connectivity index (χ0n) is 17.8. The lowest BCUT2D eigenvalue weighted by atomic mass is 10.2. The van der Waals surface area contributed by atoms with Crippen molar-refractivity contribution in [3.05, 3.63) is 64.7 Å². The molecule has 2 aromatic carbocycles. The van der Waals surface area contributed by atoms with Gasteiger partial charge in [-0.1, -0.05) is 5.16 Å². The van der Waals surface area contributed by atoms with Gasteiger partial charge in [0.25, 0.3) is 5.89 Å². The highest BCUT2D eigenvalue weighted by Crippen LogP contribution is 2.32. The molecule has 0 aliphatic heterocycles. The number of halogens is 3. The van der Waals surface area contributed by atoms with Crippen molar-refractivity contribution >= 4 is 5.97 Å². The lowest BCUT2D eigenvalue weighted by molar-refractivity contribution is -0.146. The van der Waals surface area contributed by atoms with Crippen LogP contribution in [0.2, 0.25) is 0 Å². The average Bonchev–Trinajstić information content (AvgIpc) is 3.45. The Kier molecular flexibility index (Phi) is 6.80. The van der Waals surface area contributed by atoms with Crippen molar-refractivity contribution in [2.24, 2.45) is 0 Å². The number of nitrogens with zero attached hydrogens (tertiary/aromatic N) is 4. The molecule has 0 aliphatic rings. The van der Waals surface area contributed by atoms with E-state index in [2.05, 4.69) is 20.0 Å². The van der Waals surface area contributed by atoms with Gasteiger partial charge in [0.1, 0.15) is 12.4 Å². The number of methoxy groups -OCH3 is 1. The molecule has 0 unspecified atom stereocenters. The Morgan fingerprint density at radius 3 is 2.57 bits per heavy atom. The van der Waals surface area contributed by atoms with Gasteiger partial charge in [0, 0.05) is 11.1 Å².